The summed E-state index contributed by atoms with van der Waals surface area (Å²) in [7, 11) is 0. The molecule has 8 heteroatoms. The number of aliphatic hydroxyl groups excluding tert-OH is 1. The fourth-order valence-corrected chi connectivity index (χ4v) is 5.48. The molecule has 1 N–H and O–H groups in total. The summed E-state index contributed by atoms with van der Waals surface area (Å²) in [4.78, 5) is 35.9. The molecule has 0 saturated heterocycles. The van der Waals surface area contributed by atoms with Gasteiger partial charge in [-0.2, -0.15) is 0 Å². The van der Waals surface area contributed by atoms with Gasteiger partial charge >= 0.3 is 0 Å². The van der Waals surface area contributed by atoms with Gasteiger partial charge in [-0.15, -0.1) is 11.3 Å². The van der Waals surface area contributed by atoms with Gasteiger partial charge < -0.3 is 14.9 Å². The second-order valence-electron chi connectivity index (χ2n) is 8.37. The molecule has 1 aliphatic heterocycles. The molecular weight excluding hydrogens is 482 g/mol. The van der Waals surface area contributed by atoms with Crippen LogP contribution in [0, 0.1) is 6.92 Å². The summed E-state index contributed by atoms with van der Waals surface area (Å²) < 4.78 is 0. The Kier molecular flexibility index (Phi) is 7.69. The van der Waals surface area contributed by atoms with Crippen LogP contribution in [0.1, 0.15) is 40.8 Å². The normalized spacial score (nSPS) is 16.0. The second kappa shape index (κ2) is 10.7. The topological polar surface area (TPSA) is 73.7 Å². The quantitative estimate of drug-likeness (QED) is 0.375. The van der Waals surface area contributed by atoms with E-state index in [1.54, 1.807) is 36.1 Å². The van der Waals surface area contributed by atoms with E-state index in [-0.39, 0.29) is 11.4 Å². The standard InChI is InChI=1S/C27H28ClN3O3S/c1-4-30(5-2)15-16-31-22(18-11-13-20(28)14-12-18)21(24(33)27(31)34)23(32)25-17(3)29-26(35-25)19-9-7-6-8-10-19/h6-14,22,33H,4-5,15-16H2,1-3H3. The minimum Gasteiger partial charge on any atom is -0.503 e. The van der Waals surface area contributed by atoms with Crippen LogP contribution in [0.2, 0.25) is 5.02 Å². The van der Waals surface area contributed by atoms with E-state index in [9.17, 15) is 14.7 Å². The first-order valence-electron chi connectivity index (χ1n) is 11.6. The van der Waals surface area contributed by atoms with Crippen molar-refractivity contribution in [3.8, 4) is 10.6 Å². The number of carbonyl (C=O) groups excluding carboxylic acids is 2. The molecule has 1 amide bonds. The average molecular weight is 510 g/mol. The Morgan fingerprint density at radius 2 is 1.77 bits per heavy atom. The smallest absolute Gasteiger partial charge is 0.290 e. The number of Topliss-reactive ketones (excluding diaryl/α,β-unsaturated/α-hetero) is 1. The van der Waals surface area contributed by atoms with Gasteiger partial charge in [0.25, 0.3) is 5.91 Å². The van der Waals surface area contributed by atoms with Crippen LogP contribution in [-0.2, 0) is 4.79 Å². The molecule has 0 aliphatic carbocycles. The van der Waals surface area contributed by atoms with Crippen molar-refractivity contribution in [2.45, 2.75) is 26.8 Å². The molecule has 1 aromatic heterocycles. The fraction of sp³-hybridized carbons (Fsp3) is 0.296. The summed E-state index contributed by atoms with van der Waals surface area (Å²) in [5, 5.41) is 12.2. The number of halogens is 1. The van der Waals surface area contributed by atoms with E-state index in [1.165, 1.54) is 11.3 Å². The third-order valence-corrected chi connectivity index (χ3v) is 7.77. The summed E-state index contributed by atoms with van der Waals surface area (Å²) >= 11 is 7.38. The number of hydrogen-bond donors (Lipinski definition) is 1. The van der Waals surface area contributed by atoms with Crippen molar-refractivity contribution in [3.05, 3.63) is 87.1 Å². The summed E-state index contributed by atoms with van der Waals surface area (Å²) in [5.74, 6) is -1.41. The molecule has 0 bridgehead atoms. The molecule has 0 spiro atoms. The van der Waals surface area contributed by atoms with Gasteiger partial charge in [0.15, 0.2) is 5.76 Å². The maximum absolute atomic E-state index is 13.9. The molecule has 2 aromatic carbocycles. The number of nitrogens with zero attached hydrogens (tertiary/aromatic N) is 3. The van der Waals surface area contributed by atoms with Crippen molar-refractivity contribution in [3.63, 3.8) is 0 Å². The molecular formula is C27H28ClN3O3S. The highest BCUT2D eigenvalue weighted by Crippen LogP contribution is 2.41. The molecule has 1 unspecified atom stereocenters. The number of hydrogen-bond acceptors (Lipinski definition) is 6. The first kappa shape index (κ1) is 25.1. The number of likely N-dealkylation sites (N-methyl/N-ethyl adjacent to an activating group) is 1. The maximum Gasteiger partial charge on any atom is 0.290 e. The van der Waals surface area contributed by atoms with Gasteiger partial charge in [0.1, 0.15) is 5.01 Å². The lowest BCUT2D eigenvalue weighted by molar-refractivity contribution is -0.129. The highest BCUT2D eigenvalue weighted by atomic mass is 35.5. The number of aromatic nitrogens is 1. The largest absolute Gasteiger partial charge is 0.503 e. The zero-order valence-electron chi connectivity index (χ0n) is 20.0. The lowest BCUT2D eigenvalue weighted by Crippen LogP contribution is -2.38. The van der Waals surface area contributed by atoms with E-state index in [0.717, 1.165) is 29.2 Å². The second-order valence-corrected chi connectivity index (χ2v) is 9.81. The van der Waals surface area contributed by atoms with Crippen molar-refractivity contribution in [1.82, 2.24) is 14.8 Å². The van der Waals surface area contributed by atoms with Crippen LogP contribution in [0.25, 0.3) is 10.6 Å². The van der Waals surface area contributed by atoms with E-state index in [4.69, 9.17) is 11.6 Å². The first-order valence-corrected chi connectivity index (χ1v) is 12.8. The number of aliphatic hydroxyl groups is 1. The molecule has 2 heterocycles. The van der Waals surface area contributed by atoms with E-state index in [2.05, 4.69) is 23.7 Å². The van der Waals surface area contributed by atoms with Gasteiger partial charge in [-0.3, -0.25) is 9.59 Å². The highest BCUT2D eigenvalue weighted by molar-refractivity contribution is 7.17. The van der Waals surface area contributed by atoms with Crippen molar-refractivity contribution < 1.29 is 14.7 Å². The Hall–Kier alpha value is -3.00. The van der Waals surface area contributed by atoms with Crippen molar-refractivity contribution in [1.29, 1.82) is 0 Å². The Balaban J connectivity index is 1.74. The van der Waals surface area contributed by atoms with Gasteiger partial charge in [0, 0.05) is 23.7 Å². The summed E-state index contributed by atoms with van der Waals surface area (Å²) in [6, 6.07) is 16.0. The molecule has 1 atom stereocenters. The Labute approximate surface area is 214 Å². The van der Waals surface area contributed by atoms with Crippen LogP contribution in [0.15, 0.2) is 65.9 Å². The fourth-order valence-electron chi connectivity index (χ4n) is 4.33. The zero-order chi connectivity index (χ0) is 25.1. The minimum atomic E-state index is -0.704. The van der Waals surface area contributed by atoms with Crippen LogP contribution >= 0.6 is 22.9 Å². The SMILES string of the molecule is CCN(CC)CCN1C(=O)C(O)=C(C(=O)c2sc(-c3ccccc3)nc2C)C1c1ccc(Cl)cc1. The Morgan fingerprint density at radius 1 is 1.11 bits per heavy atom. The molecule has 6 nitrogen and oxygen atoms in total. The Bertz CT molecular complexity index is 1250. The number of carbonyl (C=O) groups is 2. The number of aryl methyl sites for hydroxylation is 1. The monoisotopic (exact) mass is 509 g/mol. The molecule has 4 rings (SSSR count). The molecule has 1 aliphatic rings. The number of benzene rings is 2. The van der Waals surface area contributed by atoms with E-state index < -0.39 is 17.7 Å². The summed E-state index contributed by atoms with van der Waals surface area (Å²) in [6.07, 6.45) is 0. The van der Waals surface area contributed by atoms with Gasteiger partial charge in [-0.1, -0.05) is 67.9 Å². The van der Waals surface area contributed by atoms with E-state index in [1.807, 2.05) is 30.3 Å². The number of amides is 1. The highest BCUT2D eigenvalue weighted by Gasteiger charge is 2.44. The van der Waals surface area contributed by atoms with Gasteiger partial charge in [-0.05, 0) is 37.7 Å². The lowest BCUT2D eigenvalue weighted by atomic mass is 9.95. The van der Waals surface area contributed by atoms with Crippen LogP contribution in [0.5, 0.6) is 0 Å². The molecule has 0 fully saturated rings. The van der Waals surface area contributed by atoms with Crippen LogP contribution in [-0.4, -0.2) is 57.8 Å². The molecule has 35 heavy (non-hydrogen) atoms. The van der Waals surface area contributed by atoms with Gasteiger partial charge in [0.2, 0.25) is 5.78 Å². The van der Waals surface area contributed by atoms with Crippen LogP contribution in [0.3, 0.4) is 0 Å². The third-order valence-electron chi connectivity index (χ3n) is 6.31. The van der Waals surface area contributed by atoms with Crippen molar-refractivity contribution >= 4 is 34.6 Å². The van der Waals surface area contributed by atoms with E-state index >= 15 is 0 Å². The molecule has 182 valence electrons. The average Bonchev–Trinajstić information content (AvgIpc) is 3.38. The van der Waals surface area contributed by atoms with Gasteiger partial charge in [-0.25, -0.2) is 4.98 Å². The lowest BCUT2D eigenvalue weighted by Gasteiger charge is -2.29. The molecule has 0 saturated carbocycles. The number of ketones is 1. The van der Waals surface area contributed by atoms with Crippen molar-refractivity contribution in [2.75, 3.05) is 26.2 Å². The summed E-state index contributed by atoms with van der Waals surface area (Å²) in [6.45, 7) is 8.61. The predicted octanol–water partition coefficient (Wildman–Crippen LogP) is 5.69. The van der Waals surface area contributed by atoms with Crippen LogP contribution in [0.4, 0.5) is 0 Å². The zero-order valence-corrected chi connectivity index (χ0v) is 21.6. The number of thiazole rings is 1. The van der Waals surface area contributed by atoms with Gasteiger partial charge in [0.05, 0.1) is 22.2 Å². The van der Waals surface area contributed by atoms with Crippen LogP contribution < -0.4 is 0 Å². The van der Waals surface area contributed by atoms with E-state index in [0.29, 0.717) is 28.7 Å². The minimum absolute atomic E-state index is 0.0863. The maximum atomic E-state index is 13.9. The Morgan fingerprint density at radius 3 is 2.40 bits per heavy atom. The first-order chi connectivity index (χ1) is 16.8. The predicted molar refractivity (Wildman–Crippen MR) is 140 cm³/mol. The molecule has 0 radical (unpaired) electrons. The third kappa shape index (κ3) is 5.03. The molecule has 3 aromatic rings. The number of rotatable bonds is 9. The van der Waals surface area contributed by atoms with Crippen molar-refractivity contribution in [2.24, 2.45) is 0 Å². The summed E-state index contributed by atoms with van der Waals surface area (Å²) in [5.41, 5.74) is 2.29.